The van der Waals surface area contributed by atoms with Crippen molar-refractivity contribution in [1.29, 1.82) is 0 Å². The van der Waals surface area contributed by atoms with E-state index >= 15 is 0 Å². The molecule has 23 heavy (non-hydrogen) atoms. The Bertz CT molecular complexity index is 855. The van der Waals surface area contributed by atoms with Crippen molar-refractivity contribution in [1.82, 2.24) is 4.57 Å². The summed E-state index contributed by atoms with van der Waals surface area (Å²) in [4.78, 5) is 23.6. The van der Waals surface area contributed by atoms with Crippen LogP contribution in [0, 0.1) is 18.2 Å². The van der Waals surface area contributed by atoms with Crippen LogP contribution in [-0.4, -0.2) is 16.9 Å². The fourth-order valence-corrected chi connectivity index (χ4v) is 2.82. The van der Waals surface area contributed by atoms with E-state index in [2.05, 4.69) is 11.2 Å². The van der Waals surface area contributed by atoms with Crippen LogP contribution >= 0.6 is 22.9 Å². The molecule has 0 fully saturated rings. The molecule has 9 heteroatoms. The molecule has 0 radical (unpaired) electrons. The highest BCUT2D eigenvalue weighted by atomic mass is 35.5. The van der Waals surface area contributed by atoms with Gasteiger partial charge < -0.3 is 9.88 Å². The molecule has 2 rings (SSSR count). The molecule has 0 saturated carbocycles. The Kier molecular flexibility index (Phi) is 5.13. The number of hydrogen-bond acceptors (Lipinski definition) is 3. The molecule has 2 heterocycles. The first-order valence-electron chi connectivity index (χ1n) is 6.07. The zero-order valence-electron chi connectivity index (χ0n) is 11.3. The number of halogens is 4. The van der Waals surface area contributed by atoms with E-state index in [1.165, 1.54) is 6.07 Å². The fourth-order valence-electron chi connectivity index (χ4n) is 1.72. The van der Waals surface area contributed by atoms with Gasteiger partial charge in [-0.15, -0.1) is 17.8 Å². The van der Waals surface area contributed by atoms with Crippen molar-refractivity contribution in [3.8, 4) is 12.3 Å². The van der Waals surface area contributed by atoms with Gasteiger partial charge in [0, 0.05) is 12.3 Å². The molecule has 0 spiro atoms. The summed E-state index contributed by atoms with van der Waals surface area (Å²) >= 11 is 6.74. The molecule has 0 saturated heterocycles. The smallest absolute Gasteiger partial charge is 0.286 e. The van der Waals surface area contributed by atoms with Gasteiger partial charge in [-0.25, -0.2) is 13.2 Å². The normalized spacial score (nSPS) is 10.6. The number of pyridine rings is 1. The molecule has 4 nitrogen and oxygen atoms in total. The van der Waals surface area contributed by atoms with Gasteiger partial charge in [-0.1, -0.05) is 17.5 Å². The van der Waals surface area contributed by atoms with Crippen LogP contribution in [0.25, 0.3) is 0 Å². The second-order valence-electron chi connectivity index (χ2n) is 4.32. The number of terminal acetylenes is 1. The largest absolute Gasteiger partial charge is 0.320 e. The Morgan fingerprint density at radius 2 is 2.17 bits per heavy atom. The molecule has 1 N–H and O–H groups in total. The molecule has 0 bridgehead atoms. The lowest BCUT2D eigenvalue weighted by Crippen LogP contribution is -2.26. The van der Waals surface area contributed by atoms with E-state index in [-0.39, 0.29) is 14.9 Å². The van der Waals surface area contributed by atoms with Gasteiger partial charge >= 0.3 is 0 Å². The number of aromatic nitrogens is 1. The second-order valence-corrected chi connectivity index (χ2v) is 5.98. The SMILES string of the molecule is C#Cc1cc(C(=O)Nc2cc(F)c(=O)n(CC(F)F)c2)sc1Cl. The van der Waals surface area contributed by atoms with Gasteiger partial charge in [-0.3, -0.25) is 9.59 Å². The molecule has 0 aromatic carbocycles. The summed E-state index contributed by atoms with van der Waals surface area (Å²) in [6, 6.07) is 2.12. The molecule has 2 aromatic heterocycles. The zero-order chi connectivity index (χ0) is 17.1. The first kappa shape index (κ1) is 17.1. The third-order valence-corrected chi connectivity index (χ3v) is 4.06. The number of hydrogen-bond donors (Lipinski definition) is 1. The van der Waals surface area contributed by atoms with Gasteiger partial charge in [-0.05, 0) is 6.07 Å². The molecule has 120 valence electrons. The lowest BCUT2D eigenvalue weighted by molar-refractivity contribution is 0.103. The van der Waals surface area contributed by atoms with Crippen molar-refractivity contribution >= 4 is 34.5 Å². The van der Waals surface area contributed by atoms with Gasteiger partial charge in [0.1, 0.15) is 4.34 Å². The van der Waals surface area contributed by atoms with Crippen LogP contribution in [0.1, 0.15) is 15.2 Å². The number of thiophene rings is 1. The summed E-state index contributed by atoms with van der Waals surface area (Å²) < 4.78 is 39.0. The van der Waals surface area contributed by atoms with E-state index in [4.69, 9.17) is 18.0 Å². The second kappa shape index (κ2) is 6.89. The highest BCUT2D eigenvalue weighted by Gasteiger charge is 2.15. The number of anilines is 1. The number of amides is 1. The Morgan fingerprint density at radius 1 is 1.48 bits per heavy atom. The molecule has 0 unspecified atom stereocenters. The third kappa shape index (κ3) is 3.94. The highest BCUT2D eigenvalue weighted by Crippen LogP contribution is 2.27. The maximum Gasteiger partial charge on any atom is 0.286 e. The van der Waals surface area contributed by atoms with Crippen LogP contribution in [0.2, 0.25) is 4.34 Å². The molecular formula is C14H8ClF3N2O2S. The molecule has 0 aliphatic carbocycles. The van der Waals surface area contributed by atoms with Crippen molar-refractivity contribution < 1.29 is 18.0 Å². The molecule has 0 aliphatic rings. The van der Waals surface area contributed by atoms with Gasteiger partial charge in [0.15, 0.2) is 5.82 Å². The third-order valence-electron chi connectivity index (χ3n) is 2.70. The monoisotopic (exact) mass is 360 g/mol. The maximum atomic E-state index is 13.5. The zero-order valence-corrected chi connectivity index (χ0v) is 12.9. The van der Waals surface area contributed by atoms with Crippen LogP contribution in [0.3, 0.4) is 0 Å². The van der Waals surface area contributed by atoms with Crippen LogP contribution in [0.15, 0.2) is 23.1 Å². The molecular weight excluding hydrogens is 353 g/mol. The number of rotatable bonds is 4. The van der Waals surface area contributed by atoms with Crippen molar-refractivity contribution in [3.63, 3.8) is 0 Å². The van der Waals surface area contributed by atoms with Gasteiger partial charge in [0.2, 0.25) is 0 Å². The predicted octanol–water partition coefficient (Wildman–Crippen LogP) is 3.20. The average molecular weight is 361 g/mol. The van der Waals surface area contributed by atoms with Crippen LogP contribution < -0.4 is 10.9 Å². The quantitative estimate of drug-likeness (QED) is 0.851. The summed E-state index contributed by atoms with van der Waals surface area (Å²) in [5.41, 5.74) is -1.01. The fraction of sp³-hybridized carbons (Fsp3) is 0.143. The summed E-state index contributed by atoms with van der Waals surface area (Å²) in [6.45, 7) is -0.981. The van der Waals surface area contributed by atoms with E-state index in [9.17, 15) is 22.8 Å². The van der Waals surface area contributed by atoms with Gasteiger partial charge in [-0.2, -0.15) is 0 Å². The number of nitrogens with one attached hydrogen (secondary N) is 1. The van der Waals surface area contributed by atoms with E-state index in [0.717, 1.165) is 23.6 Å². The first-order valence-corrected chi connectivity index (χ1v) is 7.26. The lowest BCUT2D eigenvalue weighted by atomic mass is 10.3. The first-order chi connectivity index (χ1) is 10.8. The van der Waals surface area contributed by atoms with E-state index in [1.54, 1.807) is 0 Å². The number of alkyl halides is 2. The lowest BCUT2D eigenvalue weighted by Gasteiger charge is -2.09. The standard InChI is InChI=1S/C14H8ClF3N2O2S/c1-2-7-3-10(23-12(7)15)13(21)19-8-4-9(16)14(22)20(5-8)6-11(17)18/h1,3-5,11H,6H2,(H,19,21). The number of nitrogens with zero attached hydrogens (tertiary/aromatic N) is 1. The molecule has 2 aromatic rings. The predicted molar refractivity (Wildman–Crippen MR) is 81.9 cm³/mol. The molecule has 1 amide bonds. The summed E-state index contributed by atoms with van der Waals surface area (Å²) in [6.07, 6.45) is 3.30. The highest BCUT2D eigenvalue weighted by molar-refractivity contribution is 7.18. The van der Waals surface area contributed by atoms with Crippen molar-refractivity contribution in [2.24, 2.45) is 0 Å². The topological polar surface area (TPSA) is 51.1 Å². The maximum absolute atomic E-state index is 13.5. The Morgan fingerprint density at radius 3 is 2.74 bits per heavy atom. The van der Waals surface area contributed by atoms with Crippen LogP contribution in [0.5, 0.6) is 0 Å². The van der Waals surface area contributed by atoms with E-state index in [1.807, 2.05) is 0 Å². The summed E-state index contributed by atoms with van der Waals surface area (Å²) in [7, 11) is 0. The number of carbonyl (C=O) groups excluding carboxylic acids is 1. The summed E-state index contributed by atoms with van der Waals surface area (Å²) in [5, 5.41) is 2.30. The minimum absolute atomic E-state index is 0.139. The number of carbonyl (C=O) groups is 1. The van der Waals surface area contributed by atoms with Crippen molar-refractivity contribution in [2.45, 2.75) is 13.0 Å². The van der Waals surface area contributed by atoms with Crippen LogP contribution in [-0.2, 0) is 6.54 Å². The van der Waals surface area contributed by atoms with E-state index < -0.39 is 30.3 Å². The van der Waals surface area contributed by atoms with Crippen molar-refractivity contribution in [2.75, 3.05) is 5.32 Å². The Balaban J connectivity index is 2.29. The molecule has 0 atom stereocenters. The van der Waals surface area contributed by atoms with Gasteiger partial charge in [0.25, 0.3) is 17.9 Å². The Labute approximate surface area is 137 Å². The summed E-state index contributed by atoms with van der Waals surface area (Å²) in [5.74, 6) is 0.386. The van der Waals surface area contributed by atoms with Gasteiger partial charge in [0.05, 0.1) is 22.7 Å². The minimum atomic E-state index is -2.84. The van der Waals surface area contributed by atoms with Crippen molar-refractivity contribution in [3.05, 3.63) is 49.3 Å². The van der Waals surface area contributed by atoms with Crippen LogP contribution in [0.4, 0.5) is 18.9 Å². The average Bonchev–Trinajstić information content (AvgIpc) is 2.85. The Hall–Kier alpha value is -2.24. The van der Waals surface area contributed by atoms with E-state index in [0.29, 0.717) is 10.1 Å². The molecule has 0 aliphatic heterocycles. The minimum Gasteiger partial charge on any atom is -0.320 e.